The molecular formula is C16H14N4O5. The highest BCUT2D eigenvalue weighted by Gasteiger charge is 2.31. The molecule has 9 heteroatoms. The van der Waals surface area contributed by atoms with Gasteiger partial charge in [-0.15, -0.1) is 0 Å². The lowest BCUT2D eigenvalue weighted by atomic mass is 10.1. The molecule has 25 heavy (non-hydrogen) atoms. The number of nitrogens with two attached hydrogens (primary N) is 1. The van der Waals surface area contributed by atoms with E-state index in [1.54, 1.807) is 0 Å². The molecule has 1 aromatic heterocycles. The van der Waals surface area contributed by atoms with E-state index in [9.17, 15) is 19.2 Å². The first-order chi connectivity index (χ1) is 11.9. The van der Waals surface area contributed by atoms with Gasteiger partial charge in [0.1, 0.15) is 5.82 Å². The minimum absolute atomic E-state index is 0.0469. The smallest absolute Gasteiger partial charge is 0.262 e. The Morgan fingerprint density at radius 3 is 2.48 bits per heavy atom. The van der Waals surface area contributed by atoms with Gasteiger partial charge in [-0.05, 0) is 24.3 Å². The van der Waals surface area contributed by atoms with Crippen LogP contribution in [0, 0.1) is 0 Å². The quantitative estimate of drug-likeness (QED) is 0.526. The van der Waals surface area contributed by atoms with Gasteiger partial charge in [-0.3, -0.25) is 29.1 Å². The maximum Gasteiger partial charge on any atom is 0.262 e. The number of pyridine rings is 1. The van der Waals surface area contributed by atoms with Crippen molar-refractivity contribution in [3.05, 3.63) is 57.4 Å². The third-order valence-electron chi connectivity index (χ3n) is 3.74. The Hall–Kier alpha value is -3.46. The number of hydrogen-bond donors (Lipinski definition) is 4. The van der Waals surface area contributed by atoms with E-state index in [1.165, 1.54) is 24.3 Å². The number of nitrogen functional groups attached to an aromatic ring is 1. The Bertz CT molecular complexity index is 946. The van der Waals surface area contributed by atoms with Crippen molar-refractivity contribution < 1.29 is 19.5 Å². The van der Waals surface area contributed by atoms with Crippen LogP contribution in [0.3, 0.4) is 0 Å². The third kappa shape index (κ3) is 2.76. The summed E-state index contributed by atoms with van der Waals surface area (Å²) in [5, 5.41) is 13.3. The number of anilines is 1. The Kier molecular flexibility index (Phi) is 4.07. The molecule has 0 bridgehead atoms. The molecule has 0 unspecified atom stereocenters. The minimum atomic E-state index is -0.661. The lowest BCUT2D eigenvalue weighted by Gasteiger charge is -2.12. The number of carbonyl (C=O) groups is 3. The van der Waals surface area contributed by atoms with Gasteiger partial charge in [-0.1, -0.05) is 0 Å². The topological polar surface area (TPSA) is 144 Å². The molecular weight excluding hydrogens is 328 g/mol. The summed E-state index contributed by atoms with van der Waals surface area (Å²) in [6, 6.07) is 6.99. The van der Waals surface area contributed by atoms with Gasteiger partial charge in [-0.25, -0.2) is 0 Å². The number of aliphatic hydroxyl groups excluding tert-OH is 1. The molecule has 1 aromatic carbocycles. The second kappa shape index (κ2) is 6.21. The summed E-state index contributed by atoms with van der Waals surface area (Å²) in [7, 11) is 0. The minimum Gasteiger partial charge on any atom is -0.395 e. The van der Waals surface area contributed by atoms with Crippen LogP contribution in [0.1, 0.15) is 31.1 Å². The van der Waals surface area contributed by atoms with Gasteiger partial charge in [0.2, 0.25) is 0 Å². The van der Waals surface area contributed by atoms with E-state index in [0.717, 1.165) is 10.6 Å². The van der Waals surface area contributed by atoms with E-state index < -0.39 is 17.4 Å². The fourth-order valence-corrected chi connectivity index (χ4v) is 2.58. The van der Waals surface area contributed by atoms with Crippen LogP contribution in [-0.4, -0.2) is 40.5 Å². The zero-order chi connectivity index (χ0) is 18.1. The number of aromatic nitrogens is 1. The number of imide groups is 1. The summed E-state index contributed by atoms with van der Waals surface area (Å²) >= 11 is 0. The Balaban J connectivity index is 2.02. The third-order valence-corrected chi connectivity index (χ3v) is 3.74. The Morgan fingerprint density at radius 1 is 1.16 bits per heavy atom. The first-order valence-electron chi connectivity index (χ1n) is 7.34. The summed E-state index contributed by atoms with van der Waals surface area (Å²) < 4.78 is 1.09. The van der Waals surface area contributed by atoms with E-state index in [2.05, 4.69) is 10.6 Å². The van der Waals surface area contributed by atoms with Gasteiger partial charge in [0.05, 0.1) is 23.4 Å². The van der Waals surface area contributed by atoms with Crippen molar-refractivity contribution in [2.75, 3.05) is 18.9 Å². The van der Waals surface area contributed by atoms with Crippen LogP contribution in [0.4, 0.5) is 5.82 Å². The van der Waals surface area contributed by atoms with Gasteiger partial charge in [-0.2, -0.15) is 0 Å². The fourth-order valence-electron chi connectivity index (χ4n) is 2.58. The van der Waals surface area contributed by atoms with E-state index in [-0.39, 0.29) is 36.0 Å². The molecule has 1 aliphatic rings. The lowest BCUT2D eigenvalue weighted by Crippen LogP contribution is -2.26. The van der Waals surface area contributed by atoms with Crippen molar-refractivity contribution in [2.24, 2.45) is 0 Å². The van der Waals surface area contributed by atoms with Crippen molar-refractivity contribution in [1.29, 1.82) is 0 Å². The van der Waals surface area contributed by atoms with Crippen molar-refractivity contribution in [2.45, 2.75) is 0 Å². The van der Waals surface area contributed by atoms with Crippen molar-refractivity contribution in [3.63, 3.8) is 0 Å². The van der Waals surface area contributed by atoms with Gasteiger partial charge in [0, 0.05) is 18.2 Å². The Morgan fingerprint density at radius 2 is 1.84 bits per heavy atom. The van der Waals surface area contributed by atoms with Crippen LogP contribution in [0.15, 0.2) is 35.1 Å². The second-order valence-electron chi connectivity index (χ2n) is 5.30. The SMILES string of the molecule is Nc1c2c(cc(=O)n1-c1ccc(C(=O)NCCO)cc1)C(=O)NC2=O. The first-order valence-corrected chi connectivity index (χ1v) is 7.34. The van der Waals surface area contributed by atoms with Crippen LogP contribution in [0.2, 0.25) is 0 Å². The molecule has 0 fully saturated rings. The average Bonchev–Trinajstić information content (AvgIpc) is 2.87. The molecule has 2 heterocycles. The lowest BCUT2D eigenvalue weighted by molar-refractivity contribution is 0.0878. The zero-order valence-electron chi connectivity index (χ0n) is 12.9. The van der Waals surface area contributed by atoms with Crippen LogP contribution < -0.4 is 21.9 Å². The molecule has 0 atom stereocenters. The van der Waals surface area contributed by atoms with Crippen molar-refractivity contribution >= 4 is 23.5 Å². The Labute approximate surface area is 141 Å². The van der Waals surface area contributed by atoms with Crippen molar-refractivity contribution in [3.8, 4) is 5.69 Å². The normalized spacial score (nSPS) is 12.7. The molecule has 3 rings (SSSR count). The van der Waals surface area contributed by atoms with Gasteiger partial charge < -0.3 is 16.2 Å². The van der Waals surface area contributed by atoms with Gasteiger partial charge >= 0.3 is 0 Å². The molecule has 2 aromatic rings. The predicted octanol–water partition coefficient (Wildman–Crippen LogP) is -0.975. The van der Waals surface area contributed by atoms with Crippen LogP contribution in [-0.2, 0) is 0 Å². The number of benzene rings is 1. The summed E-state index contributed by atoms with van der Waals surface area (Å²) in [5.41, 5.74) is 5.93. The van der Waals surface area contributed by atoms with Gasteiger partial charge in [0.15, 0.2) is 0 Å². The van der Waals surface area contributed by atoms with Crippen LogP contribution in [0.25, 0.3) is 5.69 Å². The number of carbonyl (C=O) groups excluding carboxylic acids is 3. The predicted molar refractivity (Wildman–Crippen MR) is 87.7 cm³/mol. The van der Waals surface area contributed by atoms with E-state index >= 15 is 0 Å². The number of rotatable bonds is 4. The summed E-state index contributed by atoms with van der Waals surface area (Å²) in [6.07, 6.45) is 0. The molecule has 1 aliphatic heterocycles. The average molecular weight is 342 g/mol. The highest BCUT2D eigenvalue weighted by molar-refractivity contribution is 6.23. The second-order valence-corrected chi connectivity index (χ2v) is 5.30. The van der Waals surface area contributed by atoms with Gasteiger partial charge in [0.25, 0.3) is 23.3 Å². The van der Waals surface area contributed by atoms with Crippen LogP contribution >= 0.6 is 0 Å². The summed E-state index contributed by atoms with van der Waals surface area (Å²) in [5.74, 6) is -1.85. The molecule has 0 radical (unpaired) electrons. The highest BCUT2D eigenvalue weighted by atomic mass is 16.3. The summed E-state index contributed by atoms with van der Waals surface area (Å²) in [6.45, 7) is -0.0490. The number of amides is 3. The number of fused-ring (bicyclic) bond motifs is 1. The summed E-state index contributed by atoms with van der Waals surface area (Å²) in [4.78, 5) is 47.6. The molecule has 5 N–H and O–H groups in total. The highest BCUT2D eigenvalue weighted by Crippen LogP contribution is 2.22. The number of aliphatic hydroxyl groups is 1. The maximum absolute atomic E-state index is 12.3. The van der Waals surface area contributed by atoms with E-state index in [1.807, 2.05) is 0 Å². The van der Waals surface area contributed by atoms with E-state index in [0.29, 0.717) is 11.3 Å². The molecule has 9 nitrogen and oxygen atoms in total. The largest absolute Gasteiger partial charge is 0.395 e. The molecule has 0 saturated heterocycles. The molecule has 3 amide bonds. The molecule has 0 spiro atoms. The maximum atomic E-state index is 12.3. The molecule has 128 valence electrons. The number of nitrogens with one attached hydrogen (secondary N) is 2. The molecule has 0 saturated carbocycles. The van der Waals surface area contributed by atoms with Crippen LogP contribution in [0.5, 0.6) is 0 Å². The number of nitrogens with zero attached hydrogens (tertiary/aromatic N) is 1. The van der Waals surface area contributed by atoms with Crippen molar-refractivity contribution in [1.82, 2.24) is 15.2 Å². The number of hydrogen-bond acceptors (Lipinski definition) is 6. The molecule has 0 aliphatic carbocycles. The monoisotopic (exact) mass is 342 g/mol. The van der Waals surface area contributed by atoms with E-state index in [4.69, 9.17) is 10.8 Å². The fraction of sp³-hybridized carbons (Fsp3) is 0.125. The zero-order valence-corrected chi connectivity index (χ0v) is 12.9. The first kappa shape index (κ1) is 16.4. The standard InChI is InChI=1S/C16H14N4O5/c17-13-12-10(15(24)19-16(12)25)7-11(22)20(13)9-3-1-8(2-4-9)14(23)18-5-6-21/h1-4,7,21H,5-6,17H2,(H,18,23)(H,19,24,25).